The molecule has 0 saturated carbocycles. The first kappa shape index (κ1) is 12.9. The molecule has 1 unspecified atom stereocenters. The van der Waals surface area contributed by atoms with Gasteiger partial charge < -0.3 is 4.48 Å². The van der Waals surface area contributed by atoms with Crippen LogP contribution in [0.5, 0.6) is 0 Å². The molecular formula is C10H22NO3S+. The molecule has 5 heteroatoms. The van der Waals surface area contributed by atoms with Gasteiger partial charge in [-0.3, -0.25) is 4.55 Å². The summed E-state index contributed by atoms with van der Waals surface area (Å²) in [7, 11) is 0.291. The van der Waals surface area contributed by atoms with Crippen molar-refractivity contribution in [2.45, 2.75) is 20.8 Å². The van der Waals surface area contributed by atoms with Gasteiger partial charge >= 0.3 is 0 Å². The maximum absolute atomic E-state index is 11.0. The Kier molecular flexibility index (Phi) is 2.74. The lowest BCUT2D eigenvalue weighted by molar-refractivity contribution is -0.883. The molecule has 1 heterocycles. The monoisotopic (exact) mass is 236 g/mol. The second-order valence-corrected chi connectivity index (χ2v) is 7.88. The van der Waals surface area contributed by atoms with E-state index in [2.05, 4.69) is 27.9 Å². The molecule has 1 atom stereocenters. The van der Waals surface area contributed by atoms with Crippen LogP contribution in [0.3, 0.4) is 0 Å². The number of quaternary nitrogens is 1. The molecule has 0 aliphatic carbocycles. The fraction of sp³-hybridized carbons (Fsp3) is 1.00. The molecule has 0 amide bonds. The lowest BCUT2D eigenvalue weighted by Crippen LogP contribution is -2.41. The minimum absolute atomic E-state index is 0.0771. The Morgan fingerprint density at radius 1 is 1.20 bits per heavy atom. The van der Waals surface area contributed by atoms with Gasteiger partial charge in [0.05, 0.1) is 32.9 Å². The largest absolute Gasteiger partial charge is 0.328 e. The third-order valence-corrected chi connectivity index (χ3v) is 4.74. The summed E-state index contributed by atoms with van der Waals surface area (Å²) in [5.74, 6) is -0.144. The van der Waals surface area contributed by atoms with Crippen LogP contribution in [0.25, 0.3) is 0 Å². The van der Waals surface area contributed by atoms with Gasteiger partial charge in [-0.05, 0) is 0 Å². The summed E-state index contributed by atoms with van der Waals surface area (Å²) in [5.41, 5.74) is -0.434. The van der Waals surface area contributed by atoms with Crippen molar-refractivity contribution in [3.8, 4) is 0 Å². The van der Waals surface area contributed by atoms with Crippen molar-refractivity contribution in [1.82, 2.24) is 0 Å². The van der Waals surface area contributed by atoms with Gasteiger partial charge in [-0.2, -0.15) is 8.42 Å². The van der Waals surface area contributed by atoms with E-state index in [1.54, 1.807) is 0 Å². The van der Waals surface area contributed by atoms with Crippen molar-refractivity contribution in [2.24, 2.45) is 10.8 Å². The maximum atomic E-state index is 11.0. The Morgan fingerprint density at radius 2 is 1.67 bits per heavy atom. The lowest BCUT2D eigenvalue weighted by atomic mass is 9.71. The first-order chi connectivity index (χ1) is 6.37. The van der Waals surface area contributed by atoms with E-state index in [9.17, 15) is 8.42 Å². The van der Waals surface area contributed by atoms with E-state index >= 15 is 0 Å². The normalized spacial score (nSPS) is 34.3. The van der Waals surface area contributed by atoms with Crippen molar-refractivity contribution >= 4 is 10.1 Å². The summed E-state index contributed by atoms with van der Waals surface area (Å²) in [6, 6.07) is 0. The van der Waals surface area contributed by atoms with Crippen molar-refractivity contribution < 1.29 is 17.5 Å². The van der Waals surface area contributed by atoms with E-state index in [-0.39, 0.29) is 16.6 Å². The third kappa shape index (κ3) is 2.71. The quantitative estimate of drug-likeness (QED) is 0.575. The van der Waals surface area contributed by atoms with Crippen LogP contribution in [0, 0.1) is 10.8 Å². The second-order valence-electron chi connectivity index (χ2n) is 6.42. The summed E-state index contributed by atoms with van der Waals surface area (Å²) in [5, 5.41) is 0. The van der Waals surface area contributed by atoms with Crippen LogP contribution in [0.4, 0.5) is 0 Å². The van der Waals surface area contributed by atoms with Gasteiger partial charge in [0.25, 0.3) is 10.1 Å². The van der Waals surface area contributed by atoms with E-state index in [1.165, 1.54) is 0 Å². The molecule has 1 N–H and O–H groups in total. The van der Waals surface area contributed by atoms with Crippen LogP contribution >= 0.6 is 0 Å². The van der Waals surface area contributed by atoms with Gasteiger partial charge in [-0.25, -0.2) is 0 Å². The summed E-state index contributed by atoms with van der Waals surface area (Å²) in [6.07, 6.45) is 0. The van der Waals surface area contributed by atoms with Crippen LogP contribution < -0.4 is 0 Å². The average Bonchev–Trinajstić information content (AvgIpc) is 1.88. The fourth-order valence-electron chi connectivity index (χ4n) is 3.12. The summed E-state index contributed by atoms with van der Waals surface area (Å²) in [4.78, 5) is 0. The number of hydrogen-bond acceptors (Lipinski definition) is 2. The molecule has 90 valence electrons. The minimum Gasteiger partial charge on any atom is -0.328 e. The first-order valence-corrected chi connectivity index (χ1v) is 6.75. The lowest BCUT2D eigenvalue weighted by Gasteiger charge is -2.32. The van der Waals surface area contributed by atoms with Crippen molar-refractivity contribution in [3.05, 3.63) is 0 Å². The molecule has 0 bridgehead atoms. The van der Waals surface area contributed by atoms with Gasteiger partial charge in [0.1, 0.15) is 0 Å². The molecule has 0 aromatic heterocycles. The SMILES string of the molecule is CC1(C)C[N+](C)(C)CC1(C)CS(=O)(=O)O. The zero-order valence-corrected chi connectivity index (χ0v) is 11.1. The molecule has 1 saturated heterocycles. The highest BCUT2D eigenvalue weighted by atomic mass is 32.2. The molecule has 15 heavy (non-hydrogen) atoms. The summed E-state index contributed by atoms with van der Waals surface area (Å²) in [6.45, 7) is 7.81. The molecule has 1 aliphatic heterocycles. The van der Waals surface area contributed by atoms with Crippen molar-refractivity contribution in [3.63, 3.8) is 0 Å². The Balaban J connectivity index is 3.04. The van der Waals surface area contributed by atoms with Crippen LogP contribution in [0.15, 0.2) is 0 Å². The topological polar surface area (TPSA) is 54.4 Å². The Bertz CT molecular complexity index is 359. The van der Waals surface area contributed by atoms with E-state index in [4.69, 9.17) is 4.55 Å². The standard InChI is InChI=1S/C10H21NO3S/c1-9(2)6-11(4,5)7-10(9,3)8-15(12,13)14/h6-8H2,1-5H3/p+1. The van der Waals surface area contributed by atoms with Gasteiger partial charge in [0.2, 0.25) is 0 Å². The van der Waals surface area contributed by atoms with E-state index < -0.39 is 10.1 Å². The van der Waals surface area contributed by atoms with Crippen LogP contribution in [-0.2, 0) is 10.1 Å². The fourth-order valence-corrected chi connectivity index (χ4v) is 4.41. The van der Waals surface area contributed by atoms with Crippen LogP contribution in [-0.4, -0.2) is 50.4 Å². The van der Waals surface area contributed by atoms with Crippen molar-refractivity contribution in [2.75, 3.05) is 32.9 Å². The van der Waals surface area contributed by atoms with Crippen molar-refractivity contribution in [1.29, 1.82) is 0 Å². The molecular weight excluding hydrogens is 214 g/mol. The molecule has 0 aromatic carbocycles. The molecule has 0 spiro atoms. The summed E-state index contributed by atoms with van der Waals surface area (Å²) < 4.78 is 31.9. The van der Waals surface area contributed by atoms with Gasteiger partial charge in [0.15, 0.2) is 0 Å². The first-order valence-electron chi connectivity index (χ1n) is 5.14. The van der Waals surface area contributed by atoms with Gasteiger partial charge in [-0.1, -0.05) is 20.8 Å². The number of hydrogen-bond donors (Lipinski definition) is 1. The minimum atomic E-state index is -3.90. The molecule has 1 aliphatic rings. The van der Waals surface area contributed by atoms with Gasteiger partial charge in [-0.15, -0.1) is 0 Å². The smallest absolute Gasteiger partial charge is 0.265 e. The Morgan fingerprint density at radius 3 is 1.93 bits per heavy atom. The number of nitrogens with zero attached hydrogens (tertiary/aromatic N) is 1. The predicted molar refractivity (Wildman–Crippen MR) is 60.1 cm³/mol. The number of likely N-dealkylation sites (tertiary alicyclic amines) is 1. The highest BCUT2D eigenvalue weighted by Crippen LogP contribution is 2.48. The van der Waals surface area contributed by atoms with E-state index in [0.717, 1.165) is 17.6 Å². The highest BCUT2D eigenvalue weighted by Gasteiger charge is 2.56. The second kappa shape index (κ2) is 3.18. The summed E-state index contributed by atoms with van der Waals surface area (Å²) >= 11 is 0. The zero-order valence-electron chi connectivity index (χ0n) is 10.2. The molecule has 1 fully saturated rings. The van der Waals surface area contributed by atoms with E-state index in [0.29, 0.717) is 0 Å². The maximum Gasteiger partial charge on any atom is 0.265 e. The van der Waals surface area contributed by atoms with Crippen LogP contribution in [0.1, 0.15) is 20.8 Å². The van der Waals surface area contributed by atoms with Crippen LogP contribution in [0.2, 0.25) is 0 Å². The average molecular weight is 236 g/mol. The van der Waals surface area contributed by atoms with E-state index in [1.807, 2.05) is 6.92 Å². The molecule has 4 nitrogen and oxygen atoms in total. The number of rotatable bonds is 2. The predicted octanol–water partition coefficient (Wildman–Crippen LogP) is 0.997. The Labute approximate surface area is 92.6 Å². The zero-order chi connectivity index (χ0) is 12.1. The third-order valence-electron chi connectivity index (χ3n) is 3.74. The highest BCUT2D eigenvalue weighted by molar-refractivity contribution is 7.85. The molecule has 0 aromatic rings. The molecule has 1 rings (SSSR count). The van der Waals surface area contributed by atoms with Gasteiger partial charge in [0, 0.05) is 10.8 Å². The Hall–Kier alpha value is -0.130. The molecule has 0 radical (unpaired) electrons.